The van der Waals surface area contributed by atoms with Crippen molar-refractivity contribution in [3.63, 3.8) is 0 Å². The maximum absolute atomic E-state index is 12.0. The van der Waals surface area contributed by atoms with E-state index < -0.39 is 6.10 Å². The van der Waals surface area contributed by atoms with Crippen LogP contribution in [0.1, 0.15) is 43.5 Å². The summed E-state index contributed by atoms with van der Waals surface area (Å²) in [6.07, 6.45) is 2.72. The SMILES string of the molecule is CC(C)CC(O)CNC(=O)c1ccc(OCC2CC2)cc1. The standard InChI is InChI=1S/C17H25NO3/c1-12(2)9-15(19)10-18-17(20)14-5-7-16(8-6-14)21-11-13-3-4-13/h5-8,12-13,15,19H,3-4,9-11H2,1-2H3,(H,18,20). The molecular formula is C17H25NO3. The molecule has 1 amide bonds. The van der Waals surface area contributed by atoms with Crippen molar-refractivity contribution in [1.29, 1.82) is 0 Å². The summed E-state index contributed by atoms with van der Waals surface area (Å²) >= 11 is 0. The predicted molar refractivity (Wildman–Crippen MR) is 82.5 cm³/mol. The van der Waals surface area contributed by atoms with Gasteiger partial charge in [0, 0.05) is 12.1 Å². The largest absolute Gasteiger partial charge is 0.493 e. The number of ether oxygens (including phenoxy) is 1. The zero-order chi connectivity index (χ0) is 15.2. The second-order valence-corrected chi connectivity index (χ2v) is 6.27. The number of amides is 1. The Balaban J connectivity index is 1.76. The molecule has 0 aliphatic heterocycles. The van der Waals surface area contributed by atoms with E-state index >= 15 is 0 Å². The lowest BCUT2D eigenvalue weighted by molar-refractivity contribution is 0.0900. The minimum Gasteiger partial charge on any atom is -0.493 e. The number of aliphatic hydroxyl groups excluding tert-OH is 1. The van der Waals surface area contributed by atoms with Gasteiger partial charge >= 0.3 is 0 Å². The second-order valence-electron chi connectivity index (χ2n) is 6.27. The molecule has 1 saturated carbocycles. The first-order chi connectivity index (χ1) is 10.0. The van der Waals surface area contributed by atoms with Gasteiger partial charge in [0.05, 0.1) is 12.7 Å². The molecule has 1 unspecified atom stereocenters. The van der Waals surface area contributed by atoms with E-state index in [4.69, 9.17) is 4.74 Å². The molecule has 4 nitrogen and oxygen atoms in total. The smallest absolute Gasteiger partial charge is 0.251 e. The lowest BCUT2D eigenvalue weighted by Gasteiger charge is -2.14. The Labute approximate surface area is 126 Å². The third kappa shape index (κ3) is 5.76. The third-order valence-corrected chi connectivity index (χ3v) is 3.54. The number of nitrogens with one attached hydrogen (secondary N) is 1. The summed E-state index contributed by atoms with van der Waals surface area (Å²) in [6.45, 7) is 5.15. The summed E-state index contributed by atoms with van der Waals surface area (Å²) in [5, 5.41) is 12.5. The highest BCUT2D eigenvalue weighted by Gasteiger charge is 2.21. The molecule has 2 N–H and O–H groups in total. The molecule has 0 saturated heterocycles. The fourth-order valence-corrected chi connectivity index (χ4v) is 2.14. The molecule has 0 aromatic heterocycles. The maximum atomic E-state index is 12.0. The average Bonchev–Trinajstić information content (AvgIpc) is 3.26. The fourth-order valence-electron chi connectivity index (χ4n) is 2.14. The highest BCUT2D eigenvalue weighted by Crippen LogP contribution is 2.29. The molecule has 116 valence electrons. The Kier molecular flexibility index (Phi) is 5.62. The molecule has 1 atom stereocenters. The van der Waals surface area contributed by atoms with Crippen LogP contribution in [0.5, 0.6) is 5.75 Å². The minimum absolute atomic E-state index is 0.161. The molecular weight excluding hydrogens is 266 g/mol. The van der Waals surface area contributed by atoms with E-state index in [1.165, 1.54) is 12.8 Å². The van der Waals surface area contributed by atoms with Crippen LogP contribution in [0.3, 0.4) is 0 Å². The zero-order valence-corrected chi connectivity index (χ0v) is 12.8. The molecule has 21 heavy (non-hydrogen) atoms. The molecule has 4 heteroatoms. The first-order valence-electron chi connectivity index (χ1n) is 7.73. The molecule has 1 aromatic rings. The summed E-state index contributed by atoms with van der Waals surface area (Å²) in [6, 6.07) is 7.16. The van der Waals surface area contributed by atoms with Gasteiger partial charge in [-0.2, -0.15) is 0 Å². The molecule has 0 spiro atoms. The van der Waals surface area contributed by atoms with Gasteiger partial charge in [0.1, 0.15) is 5.75 Å². The molecule has 1 fully saturated rings. The average molecular weight is 291 g/mol. The zero-order valence-electron chi connectivity index (χ0n) is 12.8. The van der Waals surface area contributed by atoms with Gasteiger partial charge in [-0.1, -0.05) is 13.8 Å². The molecule has 0 radical (unpaired) electrons. The van der Waals surface area contributed by atoms with Gasteiger partial charge in [0.25, 0.3) is 5.91 Å². The minimum atomic E-state index is -0.491. The molecule has 1 aliphatic carbocycles. The molecule has 0 bridgehead atoms. The number of benzene rings is 1. The number of carbonyl (C=O) groups is 1. The summed E-state index contributed by atoms with van der Waals surface area (Å²) in [4.78, 5) is 12.0. The first kappa shape index (κ1) is 15.8. The van der Waals surface area contributed by atoms with Crippen LogP contribution in [-0.4, -0.2) is 30.3 Å². The predicted octanol–water partition coefficient (Wildman–Crippen LogP) is 2.61. The van der Waals surface area contributed by atoms with Crippen LogP contribution in [0.2, 0.25) is 0 Å². The van der Waals surface area contributed by atoms with Crippen molar-refractivity contribution < 1.29 is 14.6 Å². The van der Waals surface area contributed by atoms with Crippen LogP contribution in [-0.2, 0) is 0 Å². The van der Waals surface area contributed by atoms with E-state index in [0.29, 0.717) is 17.9 Å². The Morgan fingerprint density at radius 1 is 1.33 bits per heavy atom. The van der Waals surface area contributed by atoms with Crippen molar-refractivity contribution >= 4 is 5.91 Å². The van der Waals surface area contributed by atoms with Gasteiger partial charge in [-0.15, -0.1) is 0 Å². The maximum Gasteiger partial charge on any atom is 0.251 e. The summed E-state index contributed by atoms with van der Waals surface area (Å²) in [5.41, 5.74) is 0.588. The lowest BCUT2D eigenvalue weighted by Crippen LogP contribution is -2.32. The van der Waals surface area contributed by atoms with E-state index in [1.54, 1.807) is 12.1 Å². The Morgan fingerprint density at radius 3 is 2.57 bits per heavy atom. The van der Waals surface area contributed by atoms with Crippen LogP contribution < -0.4 is 10.1 Å². The number of aliphatic hydroxyl groups is 1. The van der Waals surface area contributed by atoms with Crippen LogP contribution in [0.25, 0.3) is 0 Å². The van der Waals surface area contributed by atoms with Crippen molar-refractivity contribution in [1.82, 2.24) is 5.32 Å². The number of rotatable bonds is 8. The van der Waals surface area contributed by atoms with E-state index in [0.717, 1.165) is 18.3 Å². The topological polar surface area (TPSA) is 58.6 Å². The van der Waals surface area contributed by atoms with Gasteiger partial charge in [-0.3, -0.25) is 4.79 Å². The van der Waals surface area contributed by atoms with Gasteiger partial charge in [0.2, 0.25) is 0 Å². The highest BCUT2D eigenvalue weighted by molar-refractivity contribution is 5.94. The molecule has 0 heterocycles. The van der Waals surface area contributed by atoms with Crippen LogP contribution in [0.4, 0.5) is 0 Å². The normalized spacial score (nSPS) is 15.8. The quantitative estimate of drug-likeness (QED) is 0.774. The molecule has 1 aliphatic rings. The lowest BCUT2D eigenvalue weighted by atomic mass is 10.1. The van der Waals surface area contributed by atoms with Gasteiger partial charge in [0.15, 0.2) is 0 Å². The van der Waals surface area contributed by atoms with Crippen molar-refractivity contribution in [2.24, 2.45) is 11.8 Å². The number of carbonyl (C=O) groups excluding carboxylic acids is 1. The van der Waals surface area contributed by atoms with Crippen molar-refractivity contribution in [2.45, 2.75) is 39.2 Å². The van der Waals surface area contributed by atoms with E-state index in [2.05, 4.69) is 5.32 Å². The van der Waals surface area contributed by atoms with E-state index in [9.17, 15) is 9.90 Å². The third-order valence-electron chi connectivity index (χ3n) is 3.54. The summed E-state index contributed by atoms with van der Waals surface area (Å²) < 4.78 is 5.63. The van der Waals surface area contributed by atoms with Gasteiger partial charge in [-0.05, 0) is 55.4 Å². The summed E-state index contributed by atoms with van der Waals surface area (Å²) in [7, 11) is 0. The summed E-state index contributed by atoms with van der Waals surface area (Å²) in [5.74, 6) is 1.78. The Bertz CT molecular complexity index is 452. The van der Waals surface area contributed by atoms with E-state index in [1.807, 2.05) is 26.0 Å². The van der Waals surface area contributed by atoms with Crippen molar-refractivity contribution in [3.05, 3.63) is 29.8 Å². The van der Waals surface area contributed by atoms with Crippen molar-refractivity contribution in [3.8, 4) is 5.75 Å². The van der Waals surface area contributed by atoms with Crippen LogP contribution >= 0.6 is 0 Å². The van der Waals surface area contributed by atoms with Crippen molar-refractivity contribution in [2.75, 3.05) is 13.2 Å². The fraction of sp³-hybridized carbons (Fsp3) is 0.588. The highest BCUT2D eigenvalue weighted by atomic mass is 16.5. The second kappa shape index (κ2) is 7.46. The first-order valence-corrected chi connectivity index (χ1v) is 7.73. The Hall–Kier alpha value is -1.55. The van der Waals surface area contributed by atoms with Gasteiger partial charge in [-0.25, -0.2) is 0 Å². The monoisotopic (exact) mass is 291 g/mol. The molecule has 2 rings (SSSR count). The van der Waals surface area contributed by atoms with Crippen LogP contribution in [0, 0.1) is 11.8 Å². The number of hydrogen-bond acceptors (Lipinski definition) is 3. The van der Waals surface area contributed by atoms with Gasteiger partial charge < -0.3 is 15.2 Å². The van der Waals surface area contributed by atoms with E-state index in [-0.39, 0.29) is 12.5 Å². The molecule has 1 aromatic carbocycles. The Morgan fingerprint density at radius 2 is 2.00 bits per heavy atom. The van der Waals surface area contributed by atoms with Crippen LogP contribution in [0.15, 0.2) is 24.3 Å². The number of hydrogen-bond donors (Lipinski definition) is 2.